The Morgan fingerprint density at radius 3 is 1.27 bits per heavy atom. The summed E-state index contributed by atoms with van der Waals surface area (Å²) in [7, 11) is -4.33. The summed E-state index contributed by atoms with van der Waals surface area (Å²) in [6, 6.07) is 0. The van der Waals surface area contributed by atoms with Gasteiger partial charge in [0.15, 0.2) is 0 Å². The predicted molar refractivity (Wildman–Crippen MR) is 36.2 cm³/mol. The molecule has 0 rings (SSSR count). The maximum absolute atomic E-state index is 9.41. The molecule has 0 unspecified atom stereocenters. The average molecular weight is 446 g/mol. The standard InChI is InChI=1S/C4H4O4.Au.Na.H2O3S2/c5-3(6)1-2-4(7)8;;;1-5(2,3)4/h1-2H,(H,5,6)(H,7,8);;;(H2,1,2,3,4)/q;+3;+1;/p-4. The van der Waals surface area contributed by atoms with Crippen LogP contribution in [0.2, 0.25) is 0 Å². The summed E-state index contributed by atoms with van der Waals surface area (Å²) < 4.78 is 26.7. The van der Waals surface area contributed by atoms with Crippen LogP contribution in [0, 0.1) is 0 Å². The normalized spacial score (nSPS) is 8.93. The summed E-state index contributed by atoms with van der Waals surface area (Å²) in [5.74, 6) is -3.09. The van der Waals surface area contributed by atoms with Crippen molar-refractivity contribution in [2.75, 3.05) is 0 Å². The van der Waals surface area contributed by atoms with Gasteiger partial charge in [-0.2, -0.15) is 0 Å². The molecule has 7 nitrogen and oxygen atoms in total. The van der Waals surface area contributed by atoms with Crippen molar-refractivity contribution in [1.82, 2.24) is 0 Å². The molecule has 15 heavy (non-hydrogen) atoms. The van der Waals surface area contributed by atoms with Gasteiger partial charge in [0.2, 0.25) is 0 Å². The number of carbonyl (C=O) groups excluding carboxylic acids is 2. The van der Waals surface area contributed by atoms with Crippen molar-refractivity contribution >= 4 is 32.2 Å². The van der Waals surface area contributed by atoms with E-state index in [1.807, 2.05) is 0 Å². The minimum atomic E-state index is -4.33. The molecule has 0 aliphatic carbocycles. The van der Waals surface area contributed by atoms with E-state index in [1.54, 1.807) is 0 Å². The third-order valence-electron chi connectivity index (χ3n) is 0.355. The second-order valence-corrected chi connectivity index (χ2v) is 3.42. The van der Waals surface area contributed by atoms with Gasteiger partial charge in [0.1, 0.15) is 0 Å². The molecule has 0 aliphatic rings. The molecule has 0 aromatic heterocycles. The number of aliphatic carboxylic acids is 2. The van der Waals surface area contributed by atoms with Gasteiger partial charge in [-0.25, -0.2) is 0 Å². The maximum Gasteiger partial charge on any atom is 3.00 e. The van der Waals surface area contributed by atoms with E-state index in [4.69, 9.17) is 13.3 Å². The first-order valence-corrected chi connectivity index (χ1v) is 4.73. The summed E-state index contributed by atoms with van der Waals surface area (Å²) in [4.78, 5) is 18.8. The van der Waals surface area contributed by atoms with Gasteiger partial charge in [-0.05, 0) is 23.3 Å². The Morgan fingerprint density at radius 2 is 1.20 bits per heavy atom. The molecule has 84 valence electrons. The molecule has 0 saturated heterocycles. The minimum absolute atomic E-state index is 0. The molecule has 0 amide bonds. The Hall–Kier alpha value is 0.710. The second-order valence-electron chi connectivity index (χ2n) is 1.38. The minimum Gasteiger partial charge on any atom is -0.780 e. The van der Waals surface area contributed by atoms with Crippen molar-refractivity contribution in [3.63, 3.8) is 0 Å². The maximum atomic E-state index is 9.41. The van der Waals surface area contributed by atoms with Gasteiger partial charge in [-0.1, -0.05) is 0 Å². The fourth-order valence-corrected chi connectivity index (χ4v) is 0.136. The van der Waals surface area contributed by atoms with Crippen molar-refractivity contribution in [3.8, 4) is 0 Å². The van der Waals surface area contributed by atoms with Gasteiger partial charge >= 0.3 is 51.9 Å². The second kappa shape index (κ2) is 12.8. The first kappa shape index (κ1) is 24.8. The molecule has 0 heterocycles. The molecule has 0 aromatic carbocycles. The van der Waals surface area contributed by atoms with Crippen molar-refractivity contribution in [2.45, 2.75) is 0 Å². The van der Waals surface area contributed by atoms with Crippen LogP contribution in [-0.2, 0) is 52.2 Å². The van der Waals surface area contributed by atoms with Crippen LogP contribution in [0.4, 0.5) is 0 Å². The fraction of sp³-hybridized carbons (Fsp3) is 0. The van der Waals surface area contributed by atoms with Crippen LogP contribution in [-0.4, -0.2) is 25.3 Å². The molecule has 0 saturated carbocycles. The van der Waals surface area contributed by atoms with E-state index in [0.717, 1.165) is 0 Å². The Kier molecular flexibility index (Phi) is 21.1. The van der Waals surface area contributed by atoms with Crippen LogP contribution >= 0.6 is 0 Å². The molecular weight excluding hydrogens is 444 g/mol. The Labute approximate surface area is 128 Å². The zero-order valence-corrected chi connectivity index (χ0v) is 12.9. The van der Waals surface area contributed by atoms with E-state index in [-0.39, 0.29) is 51.9 Å². The molecule has 0 aromatic rings. The molecule has 0 N–H and O–H groups in total. The van der Waals surface area contributed by atoms with Crippen LogP contribution in [0.25, 0.3) is 0 Å². The molecule has 0 spiro atoms. The van der Waals surface area contributed by atoms with Gasteiger partial charge in [-0.3, -0.25) is 4.21 Å². The molecule has 0 bridgehead atoms. The Bertz CT molecular complexity index is 287. The monoisotopic (exact) mass is 446 g/mol. The summed E-state index contributed by atoms with van der Waals surface area (Å²) in [6.07, 6.45) is 0.769. The average Bonchev–Trinajstić information content (AvgIpc) is 1.79. The van der Waals surface area contributed by atoms with Crippen LogP contribution in [0.5, 0.6) is 0 Å². The van der Waals surface area contributed by atoms with E-state index in [0.29, 0.717) is 12.2 Å². The van der Waals surface area contributed by atoms with Gasteiger partial charge in [-0.15, -0.1) is 9.05 Å². The molecule has 0 radical (unpaired) electrons. The SMILES string of the molecule is O=C([O-])C=CC(=O)[O-].O=S([O-])([O-])=S.[Au+3].[Na+]. The number of hydrogen-bond acceptors (Lipinski definition) is 8. The first-order chi connectivity index (χ1) is 5.63. The van der Waals surface area contributed by atoms with Crippen LogP contribution in [0.15, 0.2) is 12.2 Å². The summed E-state index contributed by atoms with van der Waals surface area (Å²) >= 11 is 3.24. The predicted octanol–water partition coefficient (Wildman–Crippen LogP) is -6.96. The fourth-order valence-electron chi connectivity index (χ4n) is 0.136. The van der Waals surface area contributed by atoms with Gasteiger partial charge in [0.25, 0.3) is 0 Å². The van der Waals surface area contributed by atoms with E-state index >= 15 is 0 Å². The van der Waals surface area contributed by atoms with E-state index in [1.165, 1.54) is 0 Å². The number of rotatable bonds is 2. The van der Waals surface area contributed by atoms with Crippen LogP contribution in [0.1, 0.15) is 0 Å². The summed E-state index contributed by atoms with van der Waals surface area (Å²) in [6.45, 7) is 0. The summed E-state index contributed by atoms with van der Waals surface area (Å²) in [5.41, 5.74) is 0. The molecule has 0 aliphatic heterocycles. The largest absolute Gasteiger partial charge is 3.00 e. The molecule has 0 fully saturated rings. The Morgan fingerprint density at radius 1 is 1.07 bits per heavy atom. The number of hydrogen-bond donors (Lipinski definition) is 0. The van der Waals surface area contributed by atoms with Crippen molar-refractivity contribution < 1.29 is 85.1 Å². The first-order valence-electron chi connectivity index (χ1n) is 2.39. The third-order valence-corrected chi connectivity index (χ3v) is 0.355. The number of carboxylic acid groups (broad SMARTS) is 2. The molecule has 0 atom stereocenters. The number of carbonyl (C=O) groups is 2. The van der Waals surface area contributed by atoms with Crippen LogP contribution < -0.4 is 39.8 Å². The van der Waals surface area contributed by atoms with E-state index in [9.17, 15) is 19.8 Å². The number of carboxylic acids is 2. The van der Waals surface area contributed by atoms with Gasteiger partial charge < -0.3 is 28.9 Å². The van der Waals surface area contributed by atoms with Crippen molar-refractivity contribution in [3.05, 3.63) is 12.2 Å². The molecular formula is C4H2AuNaO7S2. The topological polar surface area (TPSA) is 143 Å². The van der Waals surface area contributed by atoms with Crippen LogP contribution in [0.3, 0.4) is 0 Å². The van der Waals surface area contributed by atoms with Crippen molar-refractivity contribution in [2.24, 2.45) is 0 Å². The quantitative estimate of drug-likeness (QED) is 0.301. The zero-order valence-electron chi connectivity index (χ0n) is 7.13. The van der Waals surface area contributed by atoms with E-state index < -0.39 is 21.0 Å². The van der Waals surface area contributed by atoms with Gasteiger partial charge in [0.05, 0.1) is 11.9 Å². The summed E-state index contributed by atoms with van der Waals surface area (Å²) in [5, 5.41) is 18.8. The van der Waals surface area contributed by atoms with Crippen molar-refractivity contribution in [1.29, 1.82) is 0 Å². The smallest absolute Gasteiger partial charge is 0.780 e. The molecule has 11 heteroatoms. The van der Waals surface area contributed by atoms with Gasteiger partial charge in [0, 0.05) is 0 Å². The van der Waals surface area contributed by atoms with E-state index in [2.05, 4.69) is 11.2 Å². The Balaban J connectivity index is -0.0000000770. The third kappa shape index (κ3) is 72.9. The zero-order chi connectivity index (χ0) is 11.1.